The highest BCUT2D eigenvalue weighted by molar-refractivity contribution is 5.99. The van der Waals surface area contributed by atoms with E-state index in [0.717, 1.165) is 23.6 Å². The van der Waals surface area contributed by atoms with Crippen LogP contribution in [0.4, 0.5) is 0 Å². The normalized spacial score (nSPS) is 14.1. The summed E-state index contributed by atoms with van der Waals surface area (Å²) >= 11 is 0. The molecular weight excluding hydrogens is 266 g/mol. The summed E-state index contributed by atoms with van der Waals surface area (Å²) in [5.74, 6) is -0.934. The first-order valence-corrected chi connectivity index (χ1v) is 7.17. The van der Waals surface area contributed by atoms with Gasteiger partial charge in [0.1, 0.15) is 0 Å². The van der Waals surface area contributed by atoms with Crippen LogP contribution in [0.3, 0.4) is 0 Å². The standard InChI is InChI=1S/C17H17NO3/c19-16(20)9-10-18(15-7-8-15)17(21)14-6-5-12-3-1-2-4-13(12)11-14/h1-6,11,15H,7-10H2,(H,19,20). The lowest BCUT2D eigenvalue weighted by atomic mass is 10.1. The van der Waals surface area contributed by atoms with Crippen molar-refractivity contribution in [2.45, 2.75) is 25.3 Å². The third-order valence-electron chi connectivity index (χ3n) is 3.81. The number of fused-ring (bicyclic) bond motifs is 1. The van der Waals surface area contributed by atoms with Gasteiger partial charge in [-0.05, 0) is 35.7 Å². The lowest BCUT2D eigenvalue weighted by Crippen LogP contribution is -2.35. The summed E-state index contributed by atoms with van der Waals surface area (Å²) in [7, 11) is 0. The predicted molar refractivity (Wildman–Crippen MR) is 80.3 cm³/mol. The molecule has 0 spiro atoms. The Kier molecular flexibility index (Phi) is 3.60. The van der Waals surface area contributed by atoms with E-state index in [-0.39, 0.29) is 24.9 Å². The minimum atomic E-state index is -0.869. The summed E-state index contributed by atoms with van der Waals surface area (Å²) < 4.78 is 0. The average molecular weight is 283 g/mol. The van der Waals surface area contributed by atoms with E-state index in [1.54, 1.807) is 4.90 Å². The number of carbonyl (C=O) groups is 2. The molecule has 0 atom stereocenters. The molecular formula is C17H17NO3. The maximum absolute atomic E-state index is 12.6. The van der Waals surface area contributed by atoms with Crippen molar-refractivity contribution < 1.29 is 14.7 Å². The van der Waals surface area contributed by atoms with Crippen molar-refractivity contribution in [2.24, 2.45) is 0 Å². The molecule has 0 heterocycles. The molecule has 1 N–H and O–H groups in total. The molecule has 4 heteroatoms. The van der Waals surface area contributed by atoms with Crippen molar-refractivity contribution in [3.05, 3.63) is 48.0 Å². The molecule has 4 nitrogen and oxygen atoms in total. The van der Waals surface area contributed by atoms with Gasteiger partial charge < -0.3 is 10.0 Å². The van der Waals surface area contributed by atoms with Gasteiger partial charge in [0, 0.05) is 18.2 Å². The van der Waals surface area contributed by atoms with E-state index < -0.39 is 5.97 Å². The van der Waals surface area contributed by atoms with E-state index in [0.29, 0.717) is 5.56 Å². The number of carbonyl (C=O) groups excluding carboxylic acids is 1. The molecule has 1 aliphatic rings. The fourth-order valence-corrected chi connectivity index (χ4v) is 2.54. The summed E-state index contributed by atoms with van der Waals surface area (Å²) in [5.41, 5.74) is 0.631. The number of rotatable bonds is 5. The van der Waals surface area contributed by atoms with E-state index in [4.69, 9.17) is 5.11 Å². The molecule has 3 rings (SSSR count). The zero-order valence-corrected chi connectivity index (χ0v) is 11.7. The van der Waals surface area contributed by atoms with Crippen LogP contribution >= 0.6 is 0 Å². The molecule has 21 heavy (non-hydrogen) atoms. The molecule has 0 unspecified atom stereocenters. The summed E-state index contributed by atoms with van der Waals surface area (Å²) in [6.45, 7) is 0.283. The Morgan fingerprint density at radius 1 is 1.10 bits per heavy atom. The van der Waals surface area contributed by atoms with E-state index in [1.807, 2.05) is 42.5 Å². The highest BCUT2D eigenvalue weighted by atomic mass is 16.4. The Hall–Kier alpha value is -2.36. The van der Waals surface area contributed by atoms with E-state index in [1.165, 1.54) is 0 Å². The molecule has 1 fully saturated rings. The number of aliphatic carboxylic acids is 1. The average Bonchev–Trinajstić information content (AvgIpc) is 3.31. The van der Waals surface area contributed by atoms with Gasteiger partial charge in [0.25, 0.3) is 5.91 Å². The first-order valence-electron chi connectivity index (χ1n) is 7.17. The van der Waals surface area contributed by atoms with Gasteiger partial charge in [0.2, 0.25) is 0 Å². The minimum Gasteiger partial charge on any atom is -0.481 e. The predicted octanol–water partition coefficient (Wildman–Crippen LogP) is 2.92. The highest BCUT2D eigenvalue weighted by Crippen LogP contribution is 2.29. The van der Waals surface area contributed by atoms with Crippen LogP contribution in [-0.4, -0.2) is 34.5 Å². The summed E-state index contributed by atoms with van der Waals surface area (Å²) in [6, 6.07) is 13.7. The second-order valence-corrected chi connectivity index (χ2v) is 5.44. The topological polar surface area (TPSA) is 57.6 Å². The number of nitrogens with zero attached hydrogens (tertiary/aromatic N) is 1. The molecule has 1 aliphatic carbocycles. The van der Waals surface area contributed by atoms with Gasteiger partial charge in [0.15, 0.2) is 0 Å². The van der Waals surface area contributed by atoms with Crippen molar-refractivity contribution in [2.75, 3.05) is 6.54 Å². The number of hydrogen-bond donors (Lipinski definition) is 1. The highest BCUT2D eigenvalue weighted by Gasteiger charge is 2.33. The van der Waals surface area contributed by atoms with E-state index >= 15 is 0 Å². The van der Waals surface area contributed by atoms with Crippen molar-refractivity contribution in [1.82, 2.24) is 4.90 Å². The Labute approximate surface area is 123 Å². The number of benzene rings is 2. The molecule has 2 aromatic carbocycles. The van der Waals surface area contributed by atoms with Gasteiger partial charge in [-0.3, -0.25) is 9.59 Å². The van der Waals surface area contributed by atoms with Gasteiger partial charge >= 0.3 is 5.97 Å². The Balaban J connectivity index is 1.84. The number of hydrogen-bond acceptors (Lipinski definition) is 2. The molecule has 0 saturated heterocycles. The molecule has 0 bridgehead atoms. The van der Waals surface area contributed by atoms with E-state index in [2.05, 4.69) is 0 Å². The van der Waals surface area contributed by atoms with E-state index in [9.17, 15) is 9.59 Å². The molecule has 0 radical (unpaired) electrons. The number of carboxylic acids is 1. The fourth-order valence-electron chi connectivity index (χ4n) is 2.54. The Morgan fingerprint density at radius 2 is 1.81 bits per heavy atom. The van der Waals surface area contributed by atoms with Crippen molar-refractivity contribution in [1.29, 1.82) is 0 Å². The number of carboxylic acid groups (broad SMARTS) is 1. The Morgan fingerprint density at radius 3 is 2.48 bits per heavy atom. The third-order valence-corrected chi connectivity index (χ3v) is 3.81. The van der Waals surface area contributed by atoms with Crippen LogP contribution in [0.2, 0.25) is 0 Å². The SMILES string of the molecule is O=C(O)CCN(C(=O)c1ccc2ccccc2c1)C1CC1. The molecule has 1 saturated carbocycles. The van der Waals surface area contributed by atoms with Gasteiger partial charge in [-0.2, -0.15) is 0 Å². The molecule has 1 amide bonds. The molecule has 2 aromatic rings. The van der Waals surface area contributed by atoms with Gasteiger partial charge in [-0.15, -0.1) is 0 Å². The van der Waals surface area contributed by atoms with Crippen LogP contribution in [0.1, 0.15) is 29.6 Å². The maximum atomic E-state index is 12.6. The van der Waals surface area contributed by atoms with Crippen molar-refractivity contribution >= 4 is 22.6 Å². The Bertz CT molecular complexity index is 691. The van der Waals surface area contributed by atoms with Crippen molar-refractivity contribution in [3.8, 4) is 0 Å². The monoisotopic (exact) mass is 283 g/mol. The molecule has 0 aromatic heterocycles. The summed E-state index contributed by atoms with van der Waals surface area (Å²) in [5, 5.41) is 10.9. The second-order valence-electron chi connectivity index (χ2n) is 5.44. The third kappa shape index (κ3) is 3.05. The van der Waals surface area contributed by atoms with Crippen LogP contribution in [-0.2, 0) is 4.79 Å². The van der Waals surface area contributed by atoms with Crippen LogP contribution < -0.4 is 0 Å². The molecule has 108 valence electrons. The van der Waals surface area contributed by atoms with Crippen LogP contribution in [0.15, 0.2) is 42.5 Å². The zero-order chi connectivity index (χ0) is 14.8. The van der Waals surface area contributed by atoms with Crippen LogP contribution in [0.5, 0.6) is 0 Å². The summed E-state index contributed by atoms with van der Waals surface area (Å²) in [4.78, 5) is 25.1. The lowest BCUT2D eigenvalue weighted by molar-refractivity contribution is -0.137. The van der Waals surface area contributed by atoms with Gasteiger partial charge in [0.05, 0.1) is 6.42 Å². The smallest absolute Gasteiger partial charge is 0.305 e. The maximum Gasteiger partial charge on any atom is 0.305 e. The van der Waals surface area contributed by atoms with Crippen LogP contribution in [0, 0.1) is 0 Å². The quantitative estimate of drug-likeness (QED) is 0.918. The zero-order valence-electron chi connectivity index (χ0n) is 11.7. The van der Waals surface area contributed by atoms with Crippen molar-refractivity contribution in [3.63, 3.8) is 0 Å². The first-order chi connectivity index (χ1) is 10.1. The lowest BCUT2D eigenvalue weighted by Gasteiger charge is -2.21. The van der Waals surface area contributed by atoms with Crippen LogP contribution in [0.25, 0.3) is 10.8 Å². The summed E-state index contributed by atoms with van der Waals surface area (Å²) in [6.07, 6.45) is 1.94. The molecule has 0 aliphatic heterocycles. The fraction of sp³-hybridized carbons (Fsp3) is 0.294. The largest absolute Gasteiger partial charge is 0.481 e. The minimum absolute atomic E-state index is 0.00415. The number of amides is 1. The van der Waals surface area contributed by atoms with Gasteiger partial charge in [-0.1, -0.05) is 30.3 Å². The van der Waals surface area contributed by atoms with Gasteiger partial charge in [-0.25, -0.2) is 0 Å². The second kappa shape index (κ2) is 5.56. The first kappa shape index (κ1) is 13.6.